The highest BCUT2D eigenvalue weighted by Gasteiger charge is 2.25. The third-order valence-electron chi connectivity index (χ3n) is 2.90. The van der Waals surface area contributed by atoms with Crippen molar-refractivity contribution in [2.75, 3.05) is 20.8 Å². The lowest BCUT2D eigenvalue weighted by Crippen LogP contribution is -2.38. The van der Waals surface area contributed by atoms with Crippen LogP contribution in [0.4, 0.5) is 0 Å². The summed E-state index contributed by atoms with van der Waals surface area (Å²) in [6, 6.07) is 0.264. The number of hydrogen-bond acceptors (Lipinski definition) is 3. The molecule has 1 aliphatic rings. The van der Waals surface area contributed by atoms with Gasteiger partial charge in [0.2, 0.25) is 0 Å². The lowest BCUT2D eigenvalue weighted by Gasteiger charge is -2.30. The molecule has 1 N–H and O–H groups in total. The van der Waals surface area contributed by atoms with Gasteiger partial charge in [-0.3, -0.25) is 0 Å². The van der Waals surface area contributed by atoms with Crippen LogP contribution < -0.4 is 5.32 Å². The van der Waals surface area contributed by atoms with Gasteiger partial charge in [0.1, 0.15) is 5.76 Å². The first kappa shape index (κ1) is 12.5. The lowest BCUT2D eigenvalue weighted by atomic mass is 9.96. The minimum Gasteiger partial charge on any atom is -0.497 e. The second kappa shape index (κ2) is 5.52. The fourth-order valence-electron chi connectivity index (χ4n) is 1.74. The summed E-state index contributed by atoms with van der Waals surface area (Å²) in [6.07, 6.45) is 5.37. The zero-order valence-corrected chi connectivity index (χ0v) is 10.3. The SMILES string of the molecule is CNC(CC(C)(C)OC)C1=CCCCO1. The van der Waals surface area contributed by atoms with Gasteiger partial charge in [0.15, 0.2) is 0 Å². The molecule has 0 aromatic heterocycles. The predicted octanol–water partition coefficient (Wildman–Crippen LogP) is 2.08. The molecule has 0 aromatic rings. The van der Waals surface area contributed by atoms with E-state index in [1.54, 1.807) is 7.11 Å². The first-order valence-corrected chi connectivity index (χ1v) is 5.64. The maximum absolute atomic E-state index is 5.66. The van der Waals surface area contributed by atoms with Crippen LogP contribution in [0.3, 0.4) is 0 Å². The van der Waals surface area contributed by atoms with Crippen molar-refractivity contribution in [2.24, 2.45) is 0 Å². The molecule has 3 nitrogen and oxygen atoms in total. The summed E-state index contributed by atoms with van der Waals surface area (Å²) >= 11 is 0. The average Bonchev–Trinajstić information content (AvgIpc) is 2.27. The fraction of sp³-hybridized carbons (Fsp3) is 0.833. The summed E-state index contributed by atoms with van der Waals surface area (Å²) in [5.41, 5.74) is -0.116. The minimum atomic E-state index is -0.116. The van der Waals surface area contributed by atoms with Crippen molar-refractivity contribution in [1.82, 2.24) is 5.32 Å². The van der Waals surface area contributed by atoms with Gasteiger partial charge in [-0.15, -0.1) is 0 Å². The highest BCUT2D eigenvalue weighted by Crippen LogP contribution is 2.22. The topological polar surface area (TPSA) is 30.5 Å². The number of nitrogens with one attached hydrogen (secondary N) is 1. The van der Waals surface area contributed by atoms with Crippen molar-refractivity contribution in [3.05, 3.63) is 11.8 Å². The van der Waals surface area contributed by atoms with Gasteiger partial charge >= 0.3 is 0 Å². The Labute approximate surface area is 92.8 Å². The van der Waals surface area contributed by atoms with Gasteiger partial charge in [0.05, 0.1) is 18.2 Å². The Morgan fingerprint density at radius 1 is 1.60 bits per heavy atom. The second-order valence-electron chi connectivity index (χ2n) is 4.61. The van der Waals surface area contributed by atoms with Crippen molar-refractivity contribution in [3.8, 4) is 0 Å². The molecule has 3 heteroatoms. The molecule has 0 saturated heterocycles. The smallest absolute Gasteiger partial charge is 0.109 e. The van der Waals surface area contributed by atoms with E-state index in [1.807, 2.05) is 7.05 Å². The Kier molecular flexibility index (Phi) is 4.61. The molecule has 0 aliphatic carbocycles. The summed E-state index contributed by atoms with van der Waals surface area (Å²) in [5, 5.41) is 3.29. The van der Waals surface area contributed by atoms with Gasteiger partial charge in [0, 0.05) is 7.11 Å². The first-order chi connectivity index (χ1) is 7.09. The summed E-state index contributed by atoms with van der Waals surface area (Å²) in [6.45, 7) is 5.04. The molecule has 15 heavy (non-hydrogen) atoms. The molecule has 0 radical (unpaired) electrons. The van der Waals surface area contributed by atoms with E-state index < -0.39 is 0 Å². The molecule has 1 heterocycles. The largest absolute Gasteiger partial charge is 0.497 e. The molecule has 0 saturated carbocycles. The lowest BCUT2D eigenvalue weighted by molar-refractivity contribution is 0.00454. The van der Waals surface area contributed by atoms with Crippen LogP contribution in [0.1, 0.15) is 33.1 Å². The maximum Gasteiger partial charge on any atom is 0.109 e. The quantitative estimate of drug-likeness (QED) is 0.758. The summed E-state index contributed by atoms with van der Waals surface area (Å²) in [5.74, 6) is 1.08. The van der Waals surface area contributed by atoms with Crippen LogP contribution in [0.25, 0.3) is 0 Å². The Balaban J connectivity index is 2.58. The number of methoxy groups -OCH3 is 1. The third-order valence-corrected chi connectivity index (χ3v) is 2.90. The van der Waals surface area contributed by atoms with E-state index in [0.29, 0.717) is 0 Å². The number of ether oxygens (including phenoxy) is 2. The van der Waals surface area contributed by atoms with E-state index in [4.69, 9.17) is 9.47 Å². The number of rotatable bonds is 5. The van der Waals surface area contributed by atoms with Crippen molar-refractivity contribution >= 4 is 0 Å². The molecule has 1 unspecified atom stereocenters. The molecular formula is C12H23NO2. The number of likely N-dealkylation sites (N-methyl/N-ethyl adjacent to an activating group) is 1. The van der Waals surface area contributed by atoms with Crippen molar-refractivity contribution in [1.29, 1.82) is 0 Å². The Morgan fingerprint density at radius 3 is 2.80 bits per heavy atom. The molecule has 1 atom stereocenters. The van der Waals surface area contributed by atoms with Gasteiger partial charge in [0.25, 0.3) is 0 Å². The Hall–Kier alpha value is -0.540. The van der Waals surface area contributed by atoms with Crippen LogP contribution >= 0.6 is 0 Å². The molecule has 0 amide bonds. The van der Waals surface area contributed by atoms with Crippen molar-refractivity contribution < 1.29 is 9.47 Å². The summed E-state index contributed by atoms with van der Waals surface area (Å²) < 4.78 is 11.1. The van der Waals surface area contributed by atoms with Crippen LogP contribution in [-0.4, -0.2) is 32.4 Å². The normalized spacial score (nSPS) is 19.3. The average molecular weight is 213 g/mol. The molecule has 1 aliphatic heterocycles. The molecule has 0 fully saturated rings. The van der Waals surface area contributed by atoms with E-state index in [9.17, 15) is 0 Å². The summed E-state index contributed by atoms with van der Waals surface area (Å²) in [4.78, 5) is 0. The van der Waals surface area contributed by atoms with Gasteiger partial charge < -0.3 is 14.8 Å². The van der Waals surface area contributed by atoms with E-state index >= 15 is 0 Å². The van der Waals surface area contributed by atoms with Crippen LogP contribution in [0.5, 0.6) is 0 Å². The highest BCUT2D eigenvalue weighted by molar-refractivity contribution is 5.06. The zero-order valence-electron chi connectivity index (χ0n) is 10.3. The van der Waals surface area contributed by atoms with Gasteiger partial charge in [-0.25, -0.2) is 0 Å². The number of hydrogen-bond donors (Lipinski definition) is 1. The standard InChI is InChI=1S/C12H23NO2/c1-12(2,14-4)9-10(13-3)11-7-5-6-8-15-11/h7,10,13H,5-6,8-9H2,1-4H3. The van der Waals surface area contributed by atoms with Gasteiger partial charge in [-0.1, -0.05) is 0 Å². The van der Waals surface area contributed by atoms with Gasteiger partial charge in [-0.05, 0) is 46.2 Å². The Bertz CT molecular complexity index is 224. The van der Waals surface area contributed by atoms with Crippen LogP contribution in [0.15, 0.2) is 11.8 Å². The Morgan fingerprint density at radius 2 is 2.33 bits per heavy atom. The van der Waals surface area contributed by atoms with E-state index in [1.165, 1.54) is 0 Å². The molecule has 0 aromatic carbocycles. The van der Waals surface area contributed by atoms with E-state index in [-0.39, 0.29) is 11.6 Å². The monoisotopic (exact) mass is 213 g/mol. The number of allylic oxidation sites excluding steroid dienone is 1. The third kappa shape index (κ3) is 3.84. The second-order valence-corrected chi connectivity index (χ2v) is 4.61. The first-order valence-electron chi connectivity index (χ1n) is 5.64. The zero-order chi connectivity index (χ0) is 11.3. The van der Waals surface area contributed by atoms with Crippen LogP contribution in [-0.2, 0) is 9.47 Å². The van der Waals surface area contributed by atoms with E-state index in [0.717, 1.165) is 31.6 Å². The predicted molar refractivity (Wildman–Crippen MR) is 61.8 cm³/mol. The molecule has 1 rings (SSSR count). The minimum absolute atomic E-state index is 0.116. The molecule has 0 spiro atoms. The van der Waals surface area contributed by atoms with Gasteiger partial charge in [-0.2, -0.15) is 0 Å². The fourth-order valence-corrected chi connectivity index (χ4v) is 1.74. The van der Waals surface area contributed by atoms with E-state index in [2.05, 4.69) is 25.2 Å². The van der Waals surface area contributed by atoms with Crippen molar-refractivity contribution in [3.63, 3.8) is 0 Å². The molecule has 0 bridgehead atoms. The highest BCUT2D eigenvalue weighted by atomic mass is 16.5. The molecule has 88 valence electrons. The van der Waals surface area contributed by atoms with Crippen LogP contribution in [0.2, 0.25) is 0 Å². The van der Waals surface area contributed by atoms with Crippen LogP contribution in [0, 0.1) is 0 Å². The van der Waals surface area contributed by atoms with Crippen molar-refractivity contribution in [2.45, 2.75) is 44.8 Å². The molecular weight excluding hydrogens is 190 g/mol. The maximum atomic E-state index is 5.66. The summed E-state index contributed by atoms with van der Waals surface area (Å²) in [7, 11) is 3.72.